The lowest BCUT2D eigenvalue weighted by atomic mass is 10.3. The van der Waals surface area contributed by atoms with Crippen molar-refractivity contribution in [3.8, 4) is 0 Å². The molecular formula is C13H16ClFN2O3S. The third-order valence-electron chi connectivity index (χ3n) is 3.42. The predicted molar refractivity (Wildman–Crippen MR) is 77.0 cm³/mol. The molecule has 5 nitrogen and oxygen atoms in total. The van der Waals surface area contributed by atoms with Gasteiger partial charge in [-0.1, -0.05) is 18.5 Å². The van der Waals surface area contributed by atoms with E-state index in [4.69, 9.17) is 11.6 Å². The Morgan fingerprint density at radius 1 is 1.29 bits per heavy atom. The Balaban J connectivity index is 2.14. The maximum absolute atomic E-state index is 13.1. The second-order valence-corrected chi connectivity index (χ2v) is 7.06. The van der Waals surface area contributed by atoms with Gasteiger partial charge in [0.05, 0.1) is 9.92 Å². The van der Waals surface area contributed by atoms with Gasteiger partial charge < -0.3 is 4.90 Å². The minimum Gasteiger partial charge on any atom is -0.340 e. The average Bonchev–Trinajstić information content (AvgIpc) is 2.49. The molecule has 8 heteroatoms. The van der Waals surface area contributed by atoms with Crippen molar-refractivity contribution < 1.29 is 17.6 Å². The van der Waals surface area contributed by atoms with Crippen molar-refractivity contribution in [2.75, 3.05) is 26.2 Å². The summed E-state index contributed by atoms with van der Waals surface area (Å²) in [5, 5.41) is -0.226. The average molecular weight is 335 g/mol. The van der Waals surface area contributed by atoms with Crippen LogP contribution in [0.5, 0.6) is 0 Å². The lowest BCUT2D eigenvalue weighted by molar-refractivity contribution is -0.132. The van der Waals surface area contributed by atoms with Gasteiger partial charge in [0.15, 0.2) is 0 Å². The molecule has 1 heterocycles. The Labute approximate surface area is 128 Å². The SMILES string of the molecule is CCC(=O)N1CCN(S(=O)(=O)c2ccc(F)c(Cl)c2)CC1. The van der Waals surface area contributed by atoms with Gasteiger partial charge in [-0.05, 0) is 18.2 Å². The number of halogens is 2. The molecule has 1 aliphatic rings. The van der Waals surface area contributed by atoms with Gasteiger partial charge in [-0.25, -0.2) is 12.8 Å². The van der Waals surface area contributed by atoms with Crippen molar-refractivity contribution in [1.82, 2.24) is 9.21 Å². The van der Waals surface area contributed by atoms with E-state index < -0.39 is 15.8 Å². The number of carbonyl (C=O) groups excluding carboxylic acids is 1. The topological polar surface area (TPSA) is 57.7 Å². The summed E-state index contributed by atoms with van der Waals surface area (Å²) >= 11 is 5.63. The van der Waals surface area contributed by atoms with E-state index >= 15 is 0 Å². The van der Waals surface area contributed by atoms with E-state index in [0.717, 1.165) is 12.1 Å². The van der Waals surface area contributed by atoms with Crippen LogP contribution in [-0.4, -0.2) is 49.7 Å². The molecule has 1 amide bonds. The number of sulfonamides is 1. The van der Waals surface area contributed by atoms with E-state index in [1.165, 1.54) is 10.4 Å². The lowest BCUT2D eigenvalue weighted by Crippen LogP contribution is -2.50. The molecule has 1 aromatic carbocycles. The summed E-state index contributed by atoms with van der Waals surface area (Å²) in [4.78, 5) is 13.2. The molecular weight excluding hydrogens is 319 g/mol. The van der Waals surface area contributed by atoms with Gasteiger partial charge in [0.25, 0.3) is 0 Å². The number of benzene rings is 1. The standard InChI is InChI=1S/C13H16ClFN2O3S/c1-2-13(18)16-5-7-17(8-6-16)21(19,20)10-3-4-12(15)11(14)9-10/h3-4,9H,2,5-8H2,1H3. The van der Waals surface area contributed by atoms with Crippen LogP contribution in [0.15, 0.2) is 23.1 Å². The van der Waals surface area contributed by atoms with E-state index in [9.17, 15) is 17.6 Å². The van der Waals surface area contributed by atoms with E-state index in [2.05, 4.69) is 0 Å². The molecule has 1 fully saturated rings. The minimum atomic E-state index is -3.71. The van der Waals surface area contributed by atoms with Crippen molar-refractivity contribution in [3.05, 3.63) is 29.0 Å². The summed E-state index contributed by atoms with van der Waals surface area (Å²) in [6.45, 7) is 2.94. The highest BCUT2D eigenvalue weighted by molar-refractivity contribution is 7.89. The second kappa shape index (κ2) is 6.29. The number of piperazine rings is 1. The molecule has 0 aromatic heterocycles. The fourth-order valence-electron chi connectivity index (χ4n) is 2.19. The molecule has 1 saturated heterocycles. The van der Waals surface area contributed by atoms with Crippen LogP contribution in [0.2, 0.25) is 5.02 Å². The molecule has 0 saturated carbocycles. The van der Waals surface area contributed by atoms with Gasteiger partial charge in [-0.15, -0.1) is 0 Å². The van der Waals surface area contributed by atoms with Crippen LogP contribution in [-0.2, 0) is 14.8 Å². The summed E-state index contributed by atoms with van der Waals surface area (Å²) in [6, 6.07) is 3.34. The number of hydrogen-bond acceptors (Lipinski definition) is 3. The van der Waals surface area contributed by atoms with E-state index in [0.29, 0.717) is 19.5 Å². The van der Waals surface area contributed by atoms with Gasteiger partial charge in [0, 0.05) is 32.6 Å². The monoisotopic (exact) mass is 334 g/mol. The number of carbonyl (C=O) groups is 1. The Bertz CT molecular complexity index is 643. The Kier molecular flexibility index (Phi) is 4.85. The first-order valence-electron chi connectivity index (χ1n) is 6.59. The third kappa shape index (κ3) is 3.36. The molecule has 0 atom stereocenters. The summed E-state index contributed by atoms with van der Waals surface area (Å²) in [5.74, 6) is -0.647. The molecule has 1 aromatic rings. The third-order valence-corrected chi connectivity index (χ3v) is 5.61. The van der Waals surface area contributed by atoms with Crippen LogP contribution >= 0.6 is 11.6 Å². The molecule has 0 radical (unpaired) electrons. The zero-order valence-electron chi connectivity index (χ0n) is 11.6. The number of hydrogen-bond donors (Lipinski definition) is 0. The predicted octanol–water partition coefficient (Wildman–Crippen LogP) is 1.72. The molecule has 116 valence electrons. The minimum absolute atomic E-state index is 0.0110. The summed E-state index contributed by atoms with van der Waals surface area (Å²) in [6.07, 6.45) is 0.403. The normalized spacial score (nSPS) is 17.0. The maximum Gasteiger partial charge on any atom is 0.243 e. The summed E-state index contributed by atoms with van der Waals surface area (Å²) in [5.41, 5.74) is 0. The van der Waals surface area contributed by atoms with Crippen molar-refractivity contribution in [2.45, 2.75) is 18.2 Å². The first-order valence-corrected chi connectivity index (χ1v) is 8.41. The van der Waals surface area contributed by atoms with E-state index in [1.54, 1.807) is 11.8 Å². The van der Waals surface area contributed by atoms with E-state index in [1.807, 2.05) is 0 Å². The molecule has 0 aliphatic carbocycles. The van der Waals surface area contributed by atoms with Gasteiger partial charge in [0.1, 0.15) is 5.82 Å². The van der Waals surface area contributed by atoms with Crippen molar-refractivity contribution in [2.24, 2.45) is 0 Å². The van der Waals surface area contributed by atoms with Crippen LogP contribution in [0.4, 0.5) is 4.39 Å². The van der Waals surface area contributed by atoms with Crippen LogP contribution in [0.25, 0.3) is 0 Å². The quantitative estimate of drug-likeness (QED) is 0.845. The smallest absolute Gasteiger partial charge is 0.243 e. The van der Waals surface area contributed by atoms with Crippen molar-refractivity contribution >= 4 is 27.5 Å². The maximum atomic E-state index is 13.1. The zero-order chi connectivity index (χ0) is 15.6. The fourth-order valence-corrected chi connectivity index (χ4v) is 3.88. The van der Waals surface area contributed by atoms with E-state index in [-0.39, 0.29) is 28.9 Å². The van der Waals surface area contributed by atoms with Gasteiger partial charge in [-0.3, -0.25) is 4.79 Å². The van der Waals surface area contributed by atoms with Crippen LogP contribution in [0.3, 0.4) is 0 Å². The van der Waals surface area contributed by atoms with Crippen LogP contribution in [0.1, 0.15) is 13.3 Å². The molecule has 0 unspecified atom stereocenters. The van der Waals surface area contributed by atoms with Crippen molar-refractivity contribution in [1.29, 1.82) is 0 Å². The summed E-state index contributed by atoms with van der Waals surface area (Å²) in [7, 11) is -3.71. The van der Waals surface area contributed by atoms with Gasteiger partial charge in [0.2, 0.25) is 15.9 Å². The molecule has 2 rings (SSSR count). The highest BCUT2D eigenvalue weighted by Gasteiger charge is 2.30. The first kappa shape index (κ1) is 16.2. The molecule has 1 aliphatic heterocycles. The lowest BCUT2D eigenvalue weighted by Gasteiger charge is -2.33. The molecule has 0 N–H and O–H groups in total. The molecule has 21 heavy (non-hydrogen) atoms. The molecule has 0 spiro atoms. The highest BCUT2D eigenvalue weighted by atomic mass is 35.5. The summed E-state index contributed by atoms with van der Waals surface area (Å²) < 4.78 is 39.3. The molecule has 0 bridgehead atoms. The fraction of sp³-hybridized carbons (Fsp3) is 0.462. The second-order valence-electron chi connectivity index (χ2n) is 4.71. The van der Waals surface area contributed by atoms with Gasteiger partial charge >= 0.3 is 0 Å². The Hall–Kier alpha value is -1.18. The first-order chi connectivity index (χ1) is 9.86. The number of nitrogens with zero attached hydrogens (tertiary/aromatic N) is 2. The Morgan fingerprint density at radius 3 is 2.43 bits per heavy atom. The van der Waals surface area contributed by atoms with Crippen LogP contribution < -0.4 is 0 Å². The largest absolute Gasteiger partial charge is 0.340 e. The number of rotatable bonds is 3. The van der Waals surface area contributed by atoms with Crippen molar-refractivity contribution in [3.63, 3.8) is 0 Å². The highest BCUT2D eigenvalue weighted by Crippen LogP contribution is 2.23. The Morgan fingerprint density at radius 2 is 1.90 bits per heavy atom. The van der Waals surface area contributed by atoms with Gasteiger partial charge in [-0.2, -0.15) is 4.31 Å². The van der Waals surface area contributed by atoms with Crippen LogP contribution in [0, 0.1) is 5.82 Å². The zero-order valence-corrected chi connectivity index (χ0v) is 13.1. The number of amides is 1.